The smallest absolute Gasteiger partial charge is 0.272 e. The highest BCUT2D eigenvalue weighted by Crippen LogP contribution is 2.17. The van der Waals surface area contributed by atoms with Crippen LogP contribution in [0, 0.1) is 0 Å². The second-order valence-corrected chi connectivity index (χ2v) is 6.41. The van der Waals surface area contributed by atoms with Crippen molar-refractivity contribution < 1.29 is 9.59 Å². The van der Waals surface area contributed by atoms with Gasteiger partial charge in [0.15, 0.2) is 0 Å². The van der Waals surface area contributed by atoms with E-state index in [0.29, 0.717) is 30.9 Å². The molecule has 1 aliphatic heterocycles. The van der Waals surface area contributed by atoms with Crippen LogP contribution in [0.3, 0.4) is 0 Å². The fourth-order valence-corrected chi connectivity index (χ4v) is 3.06. The zero-order valence-corrected chi connectivity index (χ0v) is 15.3. The molecule has 0 bridgehead atoms. The molecule has 1 aliphatic rings. The number of hydrogen-bond donors (Lipinski definition) is 0. The SMILES string of the molecule is CCN(C(=O)c1ccnc(C(=O)N2CCN(C)CC2)c1)c1ccccc1. The molecular formula is C20H24N4O2. The molecule has 2 heterocycles. The van der Waals surface area contributed by atoms with Crippen molar-refractivity contribution in [1.29, 1.82) is 0 Å². The number of benzene rings is 1. The Morgan fingerprint density at radius 3 is 2.42 bits per heavy atom. The maximum Gasteiger partial charge on any atom is 0.272 e. The van der Waals surface area contributed by atoms with Gasteiger partial charge in [-0.1, -0.05) is 18.2 Å². The third-order valence-electron chi connectivity index (χ3n) is 4.65. The summed E-state index contributed by atoms with van der Waals surface area (Å²) in [7, 11) is 2.04. The highest BCUT2D eigenvalue weighted by molar-refractivity contribution is 6.07. The number of carbonyl (C=O) groups is 2. The number of carbonyl (C=O) groups excluding carboxylic acids is 2. The summed E-state index contributed by atoms with van der Waals surface area (Å²) in [6.45, 7) is 5.54. The van der Waals surface area contributed by atoms with Gasteiger partial charge in [0.1, 0.15) is 5.69 Å². The third kappa shape index (κ3) is 3.91. The summed E-state index contributed by atoms with van der Waals surface area (Å²) in [5.41, 5.74) is 1.64. The first-order valence-electron chi connectivity index (χ1n) is 8.91. The number of hydrogen-bond acceptors (Lipinski definition) is 4. The van der Waals surface area contributed by atoms with E-state index in [-0.39, 0.29) is 11.8 Å². The van der Waals surface area contributed by atoms with Crippen molar-refractivity contribution in [1.82, 2.24) is 14.8 Å². The van der Waals surface area contributed by atoms with Gasteiger partial charge in [-0.15, -0.1) is 0 Å². The molecule has 2 aromatic rings. The third-order valence-corrected chi connectivity index (χ3v) is 4.65. The summed E-state index contributed by atoms with van der Waals surface area (Å²) in [5, 5.41) is 0. The standard InChI is InChI=1S/C20H24N4O2/c1-3-24(17-7-5-4-6-8-17)19(25)16-9-10-21-18(15-16)20(26)23-13-11-22(2)12-14-23/h4-10,15H,3,11-14H2,1-2H3. The molecular weight excluding hydrogens is 328 g/mol. The zero-order chi connectivity index (χ0) is 18.5. The molecule has 1 aromatic heterocycles. The van der Waals surface area contributed by atoms with Crippen molar-refractivity contribution in [2.45, 2.75) is 6.92 Å². The van der Waals surface area contributed by atoms with Crippen LogP contribution in [0.1, 0.15) is 27.8 Å². The Balaban J connectivity index is 1.80. The van der Waals surface area contributed by atoms with Crippen molar-refractivity contribution >= 4 is 17.5 Å². The van der Waals surface area contributed by atoms with Crippen LogP contribution < -0.4 is 4.90 Å². The molecule has 3 rings (SSSR count). The quantitative estimate of drug-likeness (QED) is 0.846. The first-order chi connectivity index (χ1) is 12.6. The van der Waals surface area contributed by atoms with Crippen LogP contribution in [0.15, 0.2) is 48.7 Å². The van der Waals surface area contributed by atoms with Crippen LogP contribution >= 0.6 is 0 Å². The van der Waals surface area contributed by atoms with Crippen molar-refractivity contribution in [3.05, 3.63) is 59.9 Å². The van der Waals surface area contributed by atoms with Crippen LogP contribution in [0.25, 0.3) is 0 Å². The van der Waals surface area contributed by atoms with Gasteiger partial charge in [0.2, 0.25) is 0 Å². The lowest BCUT2D eigenvalue weighted by atomic mass is 10.1. The zero-order valence-electron chi connectivity index (χ0n) is 15.3. The van der Waals surface area contributed by atoms with Gasteiger partial charge in [-0.2, -0.15) is 0 Å². The normalized spacial score (nSPS) is 14.9. The highest BCUT2D eigenvalue weighted by Gasteiger charge is 2.23. The Labute approximate surface area is 154 Å². The van der Waals surface area contributed by atoms with Crippen molar-refractivity contribution in [2.75, 3.05) is 44.7 Å². The molecule has 0 aliphatic carbocycles. The lowest BCUT2D eigenvalue weighted by Crippen LogP contribution is -2.47. The minimum Gasteiger partial charge on any atom is -0.335 e. The van der Waals surface area contributed by atoms with Gasteiger partial charge in [0.05, 0.1) is 0 Å². The van der Waals surface area contributed by atoms with Crippen LogP contribution in [0.4, 0.5) is 5.69 Å². The van der Waals surface area contributed by atoms with Crippen LogP contribution in [-0.2, 0) is 0 Å². The second-order valence-electron chi connectivity index (χ2n) is 6.41. The lowest BCUT2D eigenvalue weighted by molar-refractivity contribution is 0.0658. The van der Waals surface area contributed by atoms with Crippen LogP contribution in [0.5, 0.6) is 0 Å². The molecule has 26 heavy (non-hydrogen) atoms. The predicted molar refractivity (Wildman–Crippen MR) is 101 cm³/mol. The van der Waals surface area contributed by atoms with Gasteiger partial charge in [-0.25, -0.2) is 0 Å². The number of nitrogens with zero attached hydrogens (tertiary/aromatic N) is 4. The molecule has 0 spiro atoms. The summed E-state index contributed by atoms with van der Waals surface area (Å²) >= 11 is 0. The fourth-order valence-electron chi connectivity index (χ4n) is 3.06. The summed E-state index contributed by atoms with van der Waals surface area (Å²) in [5.74, 6) is -0.246. The number of para-hydroxylation sites is 1. The van der Waals surface area contributed by atoms with E-state index in [1.165, 1.54) is 6.20 Å². The Morgan fingerprint density at radius 1 is 1.08 bits per heavy atom. The van der Waals surface area contributed by atoms with E-state index in [0.717, 1.165) is 18.8 Å². The van der Waals surface area contributed by atoms with E-state index >= 15 is 0 Å². The first-order valence-corrected chi connectivity index (χ1v) is 8.91. The lowest BCUT2D eigenvalue weighted by Gasteiger charge is -2.32. The number of likely N-dealkylation sites (N-methyl/N-ethyl adjacent to an activating group) is 1. The van der Waals surface area contributed by atoms with Gasteiger partial charge in [-0.3, -0.25) is 14.6 Å². The Kier molecular flexibility index (Phi) is 5.63. The Morgan fingerprint density at radius 2 is 1.77 bits per heavy atom. The van der Waals surface area contributed by atoms with Gasteiger partial charge >= 0.3 is 0 Å². The Hall–Kier alpha value is -2.73. The van der Waals surface area contributed by atoms with Crippen molar-refractivity contribution in [2.24, 2.45) is 0 Å². The van der Waals surface area contributed by atoms with Gasteiger partial charge in [-0.05, 0) is 38.2 Å². The van der Waals surface area contributed by atoms with Crippen molar-refractivity contribution in [3.8, 4) is 0 Å². The van der Waals surface area contributed by atoms with E-state index in [1.807, 2.05) is 44.3 Å². The molecule has 0 N–H and O–H groups in total. The number of pyridine rings is 1. The van der Waals surface area contributed by atoms with E-state index in [1.54, 1.807) is 21.9 Å². The largest absolute Gasteiger partial charge is 0.335 e. The number of anilines is 1. The van der Waals surface area contributed by atoms with Gasteiger partial charge in [0, 0.05) is 50.2 Å². The molecule has 0 unspecified atom stereocenters. The molecule has 1 saturated heterocycles. The second kappa shape index (κ2) is 8.10. The number of rotatable bonds is 4. The molecule has 0 radical (unpaired) electrons. The average Bonchev–Trinajstić information content (AvgIpc) is 2.69. The maximum absolute atomic E-state index is 12.9. The summed E-state index contributed by atoms with van der Waals surface area (Å²) in [6, 6.07) is 12.8. The molecule has 2 amide bonds. The molecule has 1 aromatic carbocycles. The molecule has 1 fully saturated rings. The molecule has 0 saturated carbocycles. The van der Waals surface area contributed by atoms with Gasteiger partial charge in [0.25, 0.3) is 11.8 Å². The summed E-state index contributed by atoms with van der Waals surface area (Å²) in [6.07, 6.45) is 1.54. The van der Waals surface area contributed by atoms with E-state index < -0.39 is 0 Å². The summed E-state index contributed by atoms with van der Waals surface area (Å²) < 4.78 is 0. The van der Waals surface area contributed by atoms with Crippen molar-refractivity contribution in [3.63, 3.8) is 0 Å². The maximum atomic E-state index is 12.9. The summed E-state index contributed by atoms with van der Waals surface area (Å²) in [4.78, 5) is 35.5. The predicted octanol–water partition coefficient (Wildman–Crippen LogP) is 2.14. The van der Waals surface area contributed by atoms with Gasteiger partial charge < -0.3 is 14.7 Å². The molecule has 6 nitrogen and oxygen atoms in total. The monoisotopic (exact) mass is 352 g/mol. The van der Waals surface area contributed by atoms with E-state index in [9.17, 15) is 9.59 Å². The van der Waals surface area contributed by atoms with E-state index in [2.05, 4.69) is 9.88 Å². The molecule has 136 valence electrons. The van der Waals surface area contributed by atoms with E-state index in [4.69, 9.17) is 0 Å². The number of amides is 2. The Bertz CT molecular complexity index is 770. The average molecular weight is 352 g/mol. The van der Waals surface area contributed by atoms with Crippen LogP contribution in [0.2, 0.25) is 0 Å². The number of piperazine rings is 1. The minimum atomic E-state index is -0.131. The topological polar surface area (TPSA) is 56.8 Å². The molecule has 0 atom stereocenters. The molecule has 6 heteroatoms. The minimum absolute atomic E-state index is 0.115. The highest BCUT2D eigenvalue weighted by atomic mass is 16.2. The number of aromatic nitrogens is 1. The van der Waals surface area contributed by atoms with Crippen LogP contribution in [-0.4, -0.2) is 66.4 Å². The fraction of sp³-hybridized carbons (Fsp3) is 0.350. The first kappa shape index (κ1) is 18.1.